The van der Waals surface area contributed by atoms with Crippen molar-refractivity contribution in [1.82, 2.24) is 25.3 Å². The van der Waals surface area contributed by atoms with Gasteiger partial charge in [0.05, 0.1) is 11.6 Å². The molecule has 1 aliphatic heterocycles. The van der Waals surface area contributed by atoms with E-state index >= 15 is 0 Å². The SMILES string of the molecule is Cc1c(-c2ccn3c(=O)c(CNC[C@H]4CCC(=O)N4)cnc3c2)cccc1-c1cccc(-c2ccc3c(c2)C[C@@H](NC(=O)[C@H](N)CO)C3)c1Cl. The van der Waals surface area contributed by atoms with E-state index in [1.165, 1.54) is 5.56 Å². The number of amides is 2. The largest absolute Gasteiger partial charge is 0.394 e. The molecule has 10 nitrogen and oxygen atoms in total. The number of rotatable bonds is 10. The number of aromatic nitrogens is 2. The molecule has 0 radical (unpaired) electrons. The maximum Gasteiger partial charge on any atom is 0.262 e. The normalized spacial score (nSPS) is 17.5. The second-order valence-corrected chi connectivity index (χ2v) is 13.6. The summed E-state index contributed by atoms with van der Waals surface area (Å²) in [5.41, 5.74) is 15.8. The van der Waals surface area contributed by atoms with Crippen LogP contribution in [0.1, 0.15) is 35.1 Å². The van der Waals surface area contributed by atoms with Crippen molar-refractivity contribution < 1.29 is 14.7 Å². The first-order chi connectivity index (χ1) is 24.2. The van der Waals surface area contributed by atoms with Crippen molar-refractivity contribution in [1.29, 1.82) is 0 Å². The minimum Gasteiger partial charge on any atom is -0.394 e. The van der Waals surface area contributed by atoms with Crippen molar-refractivity contribution in [2.75, 3.05) is 13.2 Å². The molecule has 0 unspecified atom stereocenters. The minimum atomic E-state index is -0.929. The number of hydrogen-bond acceptors (Lipinski definition) is 7. The Balaban J connectivity index is 1.12. The van der Waals surface area contributed by atoms with Crippen LogP contribution in [-0.2, 0) is 29.0 Å². The molecule has 3 heterocycles. The summed E-state index contributed by atoms with van der Waals surface area (Å²) in [4.78, 5) is 41.6. The fourth-order valence-corrected chi connectivity index (χ4v) is 7.43. The summed E-state index contributed by atoms with van der Waals surface area (Å²) in [6.07, 6.45) is 6.12. The molecule has 3 atom stereocenters. The van der Waals surface area contributed by atoms with E-state index < -0.39 is 12.6 Å². The Kier molecular flexibility index (Phi) is 9.52. The standard InChI is InChI=1S/C39H39ClN6O4/c1-22-30(25-12-13-46-35(17-25)43-19-27(39(46)50)18-42-20-28-10-11-36(48)44-28)4-2-5-31(22)33-7-3-6-32(37(33)40)24-9-8-23-15-29(16-26(23)14-24)45-38(49)34(41)21-47/h2-9,12-14,17,19,28-29,34,42,47H,10-11,15-16,18,20-21,41H2,1H3,(H,44,48)(H,45,49)/t28-,29+,34-/m1/s1. The molecule has 5 aromatic rings. The molecular weight excluding hydrogens is 652 g/mol. The zero-order valence-electron chi connectivity index (χ0n) is 27.7. The first kappa shape index (κ1) is 33.6. The van der Waals surface area contributed by atoms with E-state index in [0.29, 0.717) is 48.6 Å². The minimum absolute atomic E-state index is 0.0684. The molecule has 50 heavy (non-hydrogen) atoms. The van der Waals surface area contributed by atoms with E-state index in [4.69, 9.17) is 17.3 Å². The molecule has 0 bridgehead atoms. The quantitative estimate of drug-likeness (QED) is 0.149. The fourth-order valence-electron chi connectivity index (χ4n) is 7.10. The first-order valence-corrected chi connectivity index (χ1v) is 17.3. The highest BCUT2D eigenvalue weighted by Crippen LogP contribution is 2.41. The second-order valence-electron chi connectivity index (χ2n) is 13.2. The predicted molar refractivity (Wildman–Crippen MR) is 195 cm³/mol. The summed E-state index contributed by atoms with van der Waals surface area (Å²) >= 11 is 7.17. The molecule has 3 aromatic carbocycles. The van der Waals surface area contributed by atoms with Gasteiger partial charge >= 0.3 is 0 Å². The van der Waals surface area contributed by atoms with Crippen LogP contribution in [0.4, 0.5) is 0 Å². The summed E-state index contributed by atoms with van der Waals surface area (Å²) < 4.78 is 1.56. The molecule has 6 N–H and O–H groups in total. The van der Waals surface area contributed by atoms with Crippen LogP contribution in [0, 0.1) is 6.92 Å². The highest BCUT2D eigenvalue weighted by atomic mass is 35.5. The van der Waals surface area contributed by atoms with Crippen molar-refractivity contribution in [3.05, 3.63) is 117 Å². The topological polar surface area (TPSA) is 151 Å². The van der Waals surface area contributed by atoms with Crippen molar-refractivity contribution in [3.8, 4) is 33.4 Å². The van der Waals surface area contributed by atoms with Gasteiger partial charge in [-0.25, -0.2) is 4.98 Å². The molecule has 2 aromatic heterocycles. The van der Waals surface area contributed by atoms with Crippen molar-refractivity contribution >= 4 is 29.1 Å². The first-order valence-electron chi connectivity index (χ1n) is 16.9. The van der Waals surface area contributed by atoms with E-state index in [0.717, 1.165) is 50.9 Å². The predicted octanol–water partition coefficient (Wildman–Crippen LogP) is 3.93. The maximum absolute atomic E-state index is 13.3. The third-order valence-corrected chi connectivity index (χ3v) is 10.2. The summed E-state index contributed by atoms with van der Waals surface area (Å²) in [6, 6.07) is 21.4. The van der Waals surface area contributed by atoms with Crippen molar-refractivity contribution in [3.63, 3.8) is 0 Å². The van der Waals surface area contributed by atoms with Crippen LogP contribution < -0.4 is 27.2 Å². The van der Waals surface area contributed by atoms with Gasteiger partial charge in [-0.05, 0) is 77.3 Å². The lowest BCUT2D eigenvalue weighted by atomic mass is 9.91. The van der Waals surface area contributed by atoms with E-state index in [1.807, 2.05) is 36.4 Å². The Morgan fingerprint density at radius 1 is 1.02 bits per heavy atom. The van der Waals surface area contributed by atoms with Gasteiger partial charge in [0.1, 0.15) is 11.7 Å². The van der Waals surface area contributed by atoms with Gasteiger partial charge in [0.15, 0.2) is 0 Å². The van der Waals surface area contributed by atoms with Gasteiger partial charge in [0.25, 0.3) is 5.56 Å². The van der Waals surface area contributed by atoms with Gasteiger partial charge < -0.3 is 26.8 Å². The Morgan fingerprint density at radius 3 is 2.54 bits per heavy atom. The molecule has 0 spiro atoms. The number of carbonyl (C=O) groups is 2. The Labute approximate surface area is 294 Å². The van der Waals surface area contributed by atoms with Gasteiger partial charge in [-0.15, -0.1) is 0 Å². The average Bonchev–Trinajstić information content (AvgIpc) is 3.73. The van der Waals surface area contributed by atoms with Crippen LogP contribution in [0.15, 0.2) is 83.9 Å². The number of aliphatic hydroxyl groups is 1. The zero-order chi connectivity index (χ0) is 34.9. The third kappa shape index (κ3) is 6.67. The van der Waals surface area contributed by atoms with E-state index in [1.54, 1.807) is 16.8 Å². The number of nitrogens with two attached hydrogens (primary N) is 1. The number of halogens is 1. The number of nitrogens with one attached hydrogen (secondary N) is 3. The molecule has 1 fully saturated rings. The number of carbonyl (C=O) groups excluding carboxylic acids is 2. The van der Waals surface area contributed by atoms with Crippen molar-refractivity contribution in [2.24, 2.45) is 5.73 Å². The van der Waals surface area contributed by atoms with Gasteiger partial charge in [0, 0.05) is 60.7 Å². The molecule has 2 aliphatic rings. The zero-order valence-corrected chi connectivity index (χ0v) is 28.5. The lowest BCUT2D eigenvalue weighted by Gasteiger charge is -2.16. The number of aliphatic hydroxyl groups excluding tert-OH is 1. The Hall–Kier alpha value is -4.87. The van der Waals surface area contributed by atoms with Crippen LogP contribution in [0.3, 0.4) is 0 Å². The molecule has 1 aliphatic carbocycles. The summed E-state index contributed by atoms with van der Waals surface area (Å²) in [6.45, 7) is 2.66. The highest BCUT2D eigenvalue weighted by Gasteiger charge is 2.26. The highest BCUT2D eigenvalue weighted by molar-refractivity contribution is 6.36. The number of pyridine rings is 1. The summed E-state index contributed by atoms with van der Waals surface area (Å²) in [7, 11) is 0. The molecule has 7 rings (SSSR count). The fraction of sp³-hybridized carbons (Fsp3) is 0.282. The van der Waals surface area contributed by atoms with Crippen LogP contribution >= 0.6 is 11.6 Å². The number of fused-ring (bicyclic) bond motifs is 2. The Bertz CT molecular complexity index is 2180. The molecule has 2 amide bonds. The molecular formula is C39H39ClN6O4. The van der Waals surface area contributed by atoms with Crippen LogP contribution in [0.5, 0.6) is 0 Å². The maximum atomic E-state index is 13.3. The van der Waals surface area contributed by atoms with Gasteiger partial charge in [-0.2, -0.15) is 0 Å². The average molecular weight is 691 g/mol. The number of hydrogen-bond donors (Lipinski definition) is 5. The van der Waals surface area contributed by atoms with Gasteiger partial charge in [-0.1, -0.05) is 66.2 Å². The lowest BCUT2D eigenvalue weighted by molar-refractivity contribution is -0.123. The molecule has 0 saturated carbocycles. The smallest absolute Gasteiger partial charge is 0.262 e. The molecule has 1 saturated heterocycles. The summed E-state index contributed by atoms with van der Waals surface area (Å²) in [5.74, 6) is -0.280. The van der Waals surface area contributed by atoms with Gasteiger partial charge in [-0.3, -0.25) is 18.8 Å². The lowest BCUT2D eigenvalue weighted by Crippen LogP contribution is -2.47. The number of benzene rings is 3. The second kappa shape index (κ2) is 14.2. The molecule has 256 valence electrons. The molecule has 11 heteroatoms. The van der Waals surface area contributed by atoms with Gasteiger partial charge in [0.2, 0.25) is 11.8 Å². The Morgan fingerprint density at radius 2 is 1.76 bits per heavy atom. The van der Waals surface area contributed by atoms with E-state index in [2.05, 4.69) is 58.2 Å². The monoisotopic (exact) mass is 690 g/mol. The van der Waals surface area contributed by atoms with Crippen LogP contribution in [-0.4, -0.2) is 57.6 Å². The van der Waals surface area contributed by atoms with E-state index in [-0.39, 0.29) is 29.5 Å². The third-order valence-electron chi connectivity index (χ3n) is 9.84. The van der Waals surface area contributed by atoms with Crippen LogP contribution in [0.2, 0.25) is 5.02 Å². The summed E-state index contributed by atoms with van der Waals surface area (Å²) in [5, 5.41) is 19.0. The van der Waals surface area contributed by atoms with Crippen LogP contribution in [0.25, 0.3) is 39.0 Å². The van der Waals surface area contributed by atoms with E-state index in [9.17, 15) is 19.5 Å². The number of nitrogens with zero attached hydrogens (tertiary/aromatic N) is 2. The van der Waals surface area contributed by atoms with Crippen molar-refractivity contribution in [2.45, 2.75) is 57.3 Å².